The van der Waals surface area contributed by atoms with Gasteiger partial charge in [-0.05, 0) is 19.8 Å². The summed E-state index contributed by atoms with van der Waals surface area (Å²) < 4.78 is 0. The second-order valence-corrected chi connectivity index (χ2v) is 7.52. The van der Waals surface area contributed by atoms with E-state index in [1.165, 1.54) is 52.4 Å². The molecule has 118 valence electrons. The third-order valence-corrected chi connectivity index (χ3v) is 4.67. The Hall–Kier alpha value is -0.160. The molecule has 0 aromatic rings. The van der Waals surface area contributed by atoms with Crippen molar-refractivity contribution in [2.45, 2.75) is 33.2 Å². The molecule has 2 heterocycles. The SMILES string of the molecule is CC(C)CN1CCN(CC(C)(C)N2CCNCC2)CC1. The van der Waals surface area contributed by atoms with Gasteiger partial charge in [-0.3, -0.25) is 9.80 Å². The average Bonchev–Trinajstić information content (AvgIpc) is 2.41. The largest absolute Gasteiger partial charge is 0.314 e. The van der Waals surface area contributed by atoms with Gasteiger partial charge in [0.2, 0.25) is 0 Å². The van der Waals surface area contributed by atoms with E-state index in [2.05, 4.69) is 47.7 Å². The summed E-state index contributed by atoms with van der Waals surface area (Å²) in [5.41, 5.74) is 0.308. The van der Waals surface area contributed by atoms with Crippen LogP contribution in [0.15, 0.2) is 0 Å². The van der Waals surface area contributed by atoms with E-state index in [1.807, 2.05) is 0 Å². The summed E-state index contributed by atoms with van der Waals surface area (Å²) in [4.78, 5) is 7.95. The molecule has 0 spiro atoms. The summed E-state index contributed by atoms with van der Waals surface area (Å²) in [7, 11) is 0. The van der Waals surface area contributed by atoms with E-state index < -0.39 is 0 Å². The lowest BCUT2D eigenvalue weighted by molar-refractivity contribution is 0.0393. The molecule has 2 rings (SSSR count). The molecule has 0 saturated carbocycles. The Morgan fingerprint density at radius 1 is 0.900 bits per heavy atom. The second-order valence-electron chi connectivity index (χ2n) is 7.52. The molecule has 1 N–H and O–H groups in total. The summed E-state index contributed by atoms with van der Waals surface area (Å²) in [6.07, 6.45) is 0. The Labute approximate surface area is 125 Å². The van der Waals surface area contributed by atoms with Crippen molar-refractivity contribution in [1.82, 2.24) is 20.0 Å². The van der Waals surface area contributed by atoms with Crippen molar-refractivity contribution in [3.8, 4) is 0 Å². The van der Waals surface area contributed by atoms with E-state index in [4.69, 9.17) is 0 Å². The number of rotatable bonds is 5. The molecule has 0 aromatic heterocycles. The third kappa shape index (κ3) is 4.69. The minimum atomic E-state index is 0.308. The zero-order valence-electron chi connectivity index (χ0n) is 14.0. The van der Waals surface area contributed by atoms with E-state index in [9.17, 15) is 0 Å². The minimum absolute atomic E-state index is 0.308. The molecule has 0 bridgehead atoms. The van der Waals surface area contributed by atoms with Crippen LogP contribution in [0.1, 0.15) is 27.7 Å². The van der Waals surface area contributed by atoms with Crippen molar-refractivity contribution >= 4 is 0 Å². The quantitative estimate of drug-likeness (QED) is 0.810. The molecule has 2 saturated heterocycles. The minimum Gasteiger partial charge on any atom is -0.314 e. The van der Waals surface area contributed by atoms with Gasteiger partial charge in [0.15, 0.2) is 0 Å². The number of hydrogen-bond acceptors (Lipinski definition) is 4. The molecule has 2 aliphatic heterocycles. The maximum atomic E-state index is 3.45. The first-order valence-electron chi connectivity index (χ1n) is 8.38. The number of nitrogens with one attached hydrogen (secondary N) is 1. The molecule has 2 aliphatic rings. The standard InChI is InChI=1S/C16H34N4/c1-15(2)13-18-9-11-19(12-10-18)14-16(3,4)20-7-5-17-6-8-20/h15,17H,5-14H2,1-4H3. The predicted molar refractivity (Wildman–Crippen MR) is 86.2 cm³/mol. The molecule has 4 nitrogen and oxygen atoms in total. The van der Waals surface area contributed by atoms with E-state index in [0.29, 0.717) is 5.54 Å². The number of piperazine rings is 2. The first kappa shape index (κ1) is 16.2. The van der Waals surface area contributed by atoms with Crippen LogP contribution in [0.2, 0.25) is 0 Å². The molecular formula is C16H34N4. The van der Waals surface area contributed by atoms with Gasteiger partial charge in [-0.2, -0.15) is 0 Å². The van der Waals surface area contributed by atoms with Gasteiger partial charge >= 0.3 is 0 Å². The topological polar surface area (TPSA) is 21.8 Å². The molecule has 0 unspecified atom stereocenters. The molecule has 0 aromatic carbocycles. The van der Waals surface area contributed by atoms with Crippen molar-refractivity contribution in [2.24, 2.45) is 5.92 Å². The maximum Gasteiger partial charge on any atom is 0.0281 e. The van der Waals surface area contributed by atoms with Crippen LogP contribution in [0.3, 0.4) is 0 Å². The third-order valence-electron chi connectivity index (χ3n) is 4.67. The molecule has 20 heavy (non-hydrogen) atoms. The van der Waals surface area contributed by atoms with Crippen LogP contribution < -0.4 is 5.32 Å². The predicted octanol–water partition coefficient (Wildman–Crippen LogP) is 0.944. The smallest absolute Gasteiger partial charge is 0.0281 e. The van der Waals surface area contributed by atoms with E-state index in [0.717, 1.165) is 19.0 Å². The first-order chi connectivity index (χ1) is 9.47. The van der Waals surface area contributed by atoms with Crippen molar-refractivity contribution < 1.29 is 0 Å². The van der Waals surface area contributed by atoms with Crippen molar-refractivity contribution in [1.29, 1.82) is 0 Å². The monoisotopic (exact) mass is 282 g/mol. The molecule has 0 aliphatic carbocycles. The molecule has 0 atom stereocenters. The van der Waals surface area contributed by atoms with Gasteiger partial charge in [0.1, 0.15) is 0 Å². The van der Waals surface area contributed by atoms with Gasteiger partial charge in [-0.1, -0.05) is 13.8 Å². The lowest BCUT2D eigenvalue weighted by Crippen LogP contribution is -2.59. The van der Waals surface area contributed by atoms with Gasteiger partial charge in [-0.25, -0.2) is 0 Å². The van der Waals surface area contributed by atoms with Gasteiger partial charge in [0.25, 0.3) is 0 Å². The Balaban J connectivity index is 1.76. The summed E-state index contributed by atoms with van der Waals surface area (Å²) in [6, 6.07) is 0. The Bertz CT molecular complexity index is 276. The van der Waals surface area contributed by atoms with E-state index in [1.54, 1.807) is 0 Å². The van der Waals surface area contributed by atoms with Crippen LogP contribution in [0, 0.1) is 5.92 Å². The summed E-state index contributed by atoms with van der Waals surface area (Å²) in [6.45, 7) is 21.6. The van der Waals surface area contributed by atoms with Gasteiger partial charge in [0, 0.05) is 71.0 Å². The van der Waals surface area contributed by atoms with Crippen molar-refractivity contribution in [3.63, 3.8) is 0 Å². The average molecular weight is 282 g/mol. The van der Waals surface area contributed by atoms with Crippen LogP contribution in [0.4, 0.5) is 0 Å². The maximum absolute atomic E-state index is 3.45. The summed E-state index contributed by atoms with van der Waals surface area (Å²) >= 11 is 0. The lowest BCUT2D eigenvalue weighted by atomic mass is 10.00. The highest BCUT2D eigenvalue weighted by Crippen LogP contribution is 2.18. The molecular weight excluding hydrogens is 248 g/mol. The molecule has 4 heteroatoms. The first-order valence-corrected chi connectivity index (χ1v) is 8.38. The van der Waals surface area contributed by atoms with Crippen LogP contribution in [-0.2, 0) is 0 Å². The van der Waals surface area contributed by atoms with Crippen molar-refractivity contribution in [3.05, 3.63) is 0 Å². The van der Waals surface area contributed by atoms with Gasteiger partial charge in [0.05, 0.1) is 0 Å². The van der Waals surface area contributed by atoms with Gasteiger partial charge < -0.3 is 10.2 Å². The Kier molecular flexibility index (Phi) is 5.84. The highest BCUT2D eigenvalue weighted by Gasteiger charge is 2.31. The van der Waals surface area contributed by atoms with Crippen LogP contribution in [0.25, 0.3) is 0 Å². The van der Waals surface area contributed by atoms with Gasteiger partial charge in [-0.15, -0.1) is 0 Å². The summed E-state index contributed by atoms with van der Waals surface area (Å²) in [5, 5.41) is 3.45. The number of hydrogen-bond donors (Lipinski definition) is 1. The highest BCUT2D eigenvalue weighted by molar-refractivity contribution is 4.89. The van der Waals surface area contributed by atoms with E-state index in [-0.39, 0.29) is 0 Å². The zero-order valence-corrected chi connectivity index (χ0v) is 14.0. The van der Waals surface area contributed by atoms with E-state index >= 15 is 0 Å². The molecule has 0 amide bonds. The Morgan fingerprint density at radius 2 is 1.45 bits per heavy atom. The highest BCUT2D eigenvalue weighted by atomic mass is 15.3. The Morgan fingerprint density at radius 3 is 2.00 bits per heavy atom. The van der Waals surface area contributed by atoms with Crippen LogP contribution in [0.5, 0.6) is 0 Å². The van der Waals surface area contributed by atoms with Crippen LogP contribution >= 0.6 is 0 Å². The van der Waals surface area contributed by atoms with Crippen LogP contribution in [-0.4, -0.2) is 85.7 Å². The van der Waals surface area contributed by atoms with Crippen molar-refractivity contribution in [2.75, 3.05) is 65.4 Å². The lowest BCUT2D eigenvalue weighted by Gasteiger charge is -2.45. The molecule has 2 fully saturated rings. The fraction of sp³-hybridized carbons (Fsp3) is 1.00. The fourth-order valence-corrected chi connectivity index (χ4v) is 3.56. The number of nitrogens with zero attached hydrogens (tertiary/aromatic N) is 3. The normalized spacial score (nSPS) is 24.4. The summed E-state index contributed by atoms with van der Waals surface area (Å²) in [5.74, 6) is 0.791. The molecule has 0 radical (unpaired) electrons. The zero-order chi connectivity index (χ0) is 14.6. The fourth-order valence-electron chi connectivity index (χ4n) is 3.56. The second kappa shape index (κ2) is 7.21.